The molecular weight excluding hydrogens is 296 g/mol. The molecule has 0 radical (unpaired) electrons. The molecule has 0 aromatic heterocycles. The van der Waals surface area contributed by atoms with Crippen molar-refractivity contribution in [3.8, 4) is 0 Å². The van der Waals surface area contributed by atoms with E-state index in [0.717, 1.165) is 18.3 Å². The monoisotopic (exact) mass is 330 g/mol. The maximum absolute atomic E-state index is 12.4. The second kappa shape index (κ2) is 8.44. The Hall–Kier alpha value is -0.420. The molecule has 1 rings (SSSR count). The van der Waals surface area contributed by atoms with E-state index in [4.69, 9.17) is 4.74 Å². The Morgan fingerprint density at radius 1 is 1.23 bits per heavy atom. The minimum Gasteiger partial charge on any atom is -0.444 e. The van der Waals surface area contributed by atoms with Gasteiger partial charge in [0.25, 0.3) is 0 Å². The molecule has 0 spiro atoms. The highest BCUT2D eigenvalue weighted by atomic mass is 32.2. The quantitative estimate of drug-likeness (QED) is 0.776. The molecule has 1 unspecified atom stereocenters. The van der Waals surface area contributed by atoms with Gasteiger partial charge in [-0.05, 0) is 60.1 Å². The van der Waals surface area contributed by atoms with E-state index >= 15 is 0 Å². The Labute approximate surface area is 140 Å². The third-order valence-electron chi connectivity index (χ3n) is 3.58. The maximum atomic E-state index is 12.4. The summed E-state index contributed by atoms with van der Waals surface area (Å²) < 4.78 is 5.53. The second-order valence-corrected chi connectivity index (χ2v) is 9.40. The second-order valence-electron chi connectivity index (χ2n) is 8.00. The molecular formula is C17H34N2O2S. The van der Waals surface area contributed by atoms with Crippen molar-refractivity contribution in [2.75, 3.05) is 25.4 Å². The summed E-state index contributed by atoms with van der Waals surface area (Å²) in [6, 6.07) is 0. The molecule has 1 heterocycles. The molecule has 0 bridgehead atoms. The van der Waals surface area contributed by atoms with Crippen molar-refractivity contribution in [3.05, 3.63) is 0 Å². The number of rotatable bonds is 5. The van der Waals surface area contributed by atoms with Gasteiger partial charge in [-0.15, -0.1) is 0 Å². The van der Waals surface area contributed by atoms with Crippen LogP contribution in [0.4, 0.5) is 4.79 Å². The summed E-state index contributed by atoms with van der Waals surface area (Å²) in [5, 5.41) is 4.24. The third-order valence-corrected chi connectivity index (χ3v) is 4.98. The molecule has 1 N–H and O–H groups in total. The first kappa shape index (κ1) is 19.6. The minimum absolute atomic E-state index is 0.228. The van der Waals surface area contributed by atoms with Crippen molar-refractivity contribution >= 4 is 17.9 Å². The highest BCUT2D eigenvalue weighted by Gasteiger charge is 2.30. The number of carbonyl (C=O) groups is 1. The average molecular weight is 331 g/mol. The van der Waals surface area contributed by atoms with Crippen LogP contribution >= 0.6 is 11.8 Å². The van der Waals surface area contributed by atoms with Crippen molar-refractivity contribution in [1.29, 1.82) is 0 Å². The summed E-state index contributed by atoms with van der Waals surface area (Å²) in [6.45, 7) is 14.4. The predicted molar refractivity (Wildman–Crippen MR) is 95.7 cm³/mol. The SMILES string of the molecule is CC(C)(C)OC(=O)N(CCNCC1CCCCS1)C(C)(C)C. The summed E-state index contributed by atoms with van der Waals surface area (Å²) in [5.41, 5.74) is -0.684. The van der Waals surface area contributed by atoms with Crippen molar-refractivity contribution in [3.63, 3.8) is 0 Å². The molecule has 1 aliphatic rings. The van der Waals surface area contributed by atoms with Crippen molar-refractivity contribution in [2.24, 2.45) is 0 Å². The molecule has 1 saturated heterocycles. The van der Waals surface area contributed by atoms with Crippen LogP contribution in [0.5, 0.6) is 0 Å². The lowest BCUT2D eigenvalue weighted by Crippen LogP contribution is -2.50. The van der Waals surface area contributed by atoms with Crippen LogP contribution in [0.25, 0.3) is 0 Å². The topological polar surface area (TPSA) is 41.6 Å². The van der Waals surface area contributed by atoms with Gasteiger partial charge in [-0.3, -0.25) is 0 Å². The van der Waals surface area contributed by atoms with Crippen LogP contribution in [0.1, 0.15) is 60.8 Å². The van der Waals surface area contributed by atoms with Gasteiger partial charge in [0.2, 0.25) is 0 Å². The fourth-order valence-electron chi connectivity index (χ4n) is 2.44. The summed E-state index contributed by atoms with van der Waals surface area (Å²) in [7, 11) is 0. The van der Waals surface area contributed by atoms with Gasteiger partial charge < -0.3 is 15.0 Å². The molecule has 22 heavy (non-hydrogen) atoms. The lowest BCUT2D eigenvalue weighted by atomic mass is 10.1. The van der Waals surface area contributed by atoms with E-state index in [1.807, 2.05) is 46.4 Å². The van der Waals surface area contributed by atoms with Crippen molar-refractivity contribution < 1.29 is 9.53 Å². The van der Waals surface area contributed by atoms with Crippen LogP contribution in [0.2, 0.25) is 0 Å². The summed E-state index contributed by atoms with van der Waals surface area (Å²) in [6.07, 6.45) is 3.80. The van der Waals surface area contributed by atoms with E-state index in [2.05, 4.69) is 17.1 Å². The lowest BCUT2D eigenvalue weighted by Gasteiger charge is -2.37. The van der Waals surface area contributed by atoms with E-state index in [1.54, 1.807) is 0 Å². The molecule has 1 aliphatic heterocycles. The van der Waals surface area contributed by atoms with Gasteiger partial charge in [-0.2, -0.15) is 11.8 Å². The summed E-state index contributed by atoms with van der Waals surface area (Å²) >= 11 is 2.07. The van der Waals surface area contributed by atoms with Gasteiger partial charge in [0.15, 0.2) is 0 Å². The number of thioether (sulfide) groups is 1. The van der Waals surface area contributed by atoms with E-state index in [9.17, 15) is 4.79 Å². The smallest absolute Gasteiger partial charge is 0.410 e. The molecule has 5 heteroatoms. The zero-order valence-electron chi connectivity index (χ0n) is 15.2. The molecule has 0 saturated carbocycles. The van der Waals surface area contributed by atoms with Crippen LogP contribution in [0.15, 0.2) is 0 Å². The van der Waals surface area contributed by atoms with E-state index in [-0.39, 0.29) is 11.6 Å². The maximum Gasteiger partial charge on any atom is 0.410 e. The minimum atomic E-state index is -0.452. The van der Waals surface area contributed by atoms with Crippen LogP contribution in [-0.2, 0) is 4.74 Å². The zero-order valence-corrected chi connectivity index (χ0v) is 16.0. The first-order valence-electron chi connectivity index (χ1n) is 8.42. The molecule has 0 aromatic rings. The highest BCUT2D eigenvalue weighted by molar-refractivity contribution is 7.99. The first-order valence-corrected chi connectivity index (χ1v) is 9.47. The van der Waals surface area contributed by atoms with E-state index in [0.29, 0.717) is 6.54 Å². The van der Waals surface area contributed by atoms with Crippen LogP contribution in [0, 0.1) is 0 Å². The molecule has 1 amide bonds. The number of nitrogens with zero attached hydrogens (tertiary/aromatic N) is 1. The molecule has 0 aliphatic carbocycles. The van der Waals surface area contributed by atoms with Gasteiger partial charge in [-0.1, -0.05) is 6.42 Å². The Morgan fingerprint density at radius 2 is 1.91 bits per heavy atom. The van der Waals surface area contributed by atoms with E-state index < -0.39 is 5.60 Å². The van der Waals surface area contributed by atoms with Gasteiger partial charge >= 0.3 is 6.09 Å². The van der Waals surface area contributed by atoms with Crippen molar-refractivity contribution in [2.45, 2.75) is 77.2 Å². The lowest BCUT2D eigenvalue weighted by molar-refractivity contribution is 0.00666. The normalized spacial score (nSPS) is 19.8. The molecule has 1 atom stereocenters. The number of hydrogen-bond acceptors (Lipinski definition) is 4. The van der Waals surface area contributed by atoms with Gasteiger partial charge in [0, 0.05) is 30.4 Å². The van der Waals surface area contributed by atoms with Crippen LogP contribution < -0.4 is 5.32 Å². The first-order chi connectivity index (χ1) is 10.1. The molecule has 1 fully saturated rings. The van der Waals surface area contributed by atoms with E-state index in [1.165, 1.54) is 25.0 Å². The predicted octanol–water partition coefficient (Wildman–Crippen LogP) is 3.90. The van der Waals surface area contributed by atoms with Gasteiger partial charge in [0.1, 0.15) is 5.60 Å². The van der Waals surface area contributed by atoms with Crippen LogP contribution in [-0.4, -0.2) is 52.8 Å². The number of nitrogens with one attached hydrogen (secondary N) is 1. The standard InChI is InChI=1S/C17H34N2O2S/c1-16(2,3)19(15(20)21-17(4,5)6)11-10-18-13-14-9-7-8-12-22-14/h14,18H,7-13H2,1-6H3. The Morgan fingerprint density at radius 3 is 2.41 bits per heavy atom. The number of ether oxygens (including phenoxy) is 1. The van der Waals surface area contributed by atoms with Crippen LogP contribution in [0.3, 0.4) is 0 Å². The molecule has 130 valence electrons. The largest absolute Gasteiger partial charge is 0.444 e. The average Bonchev–Trinajstić information content (AvgIpc) is 2.36. The Balaban J connectivity index is 2.40. The molecule has 0 aromatic carbocycles. The Bertz CT molecular complexity index is 342. The van der Waals surface area contributed by atoms with Gasteiger partial charge in [0.05, 0.1) is 0 Å². The summed E-state index contributed by atoms with van der Waals surface area (Å²) in [4.78, 5) is 14.2. The highest BCUT2D eigenvalue weighted by Crippen LogP contribution is 2.24. The summed E-state index contributed by atoms with van der Waals surface area (Å²) in [5.74, 6) is 1.29. The number of carbonyl (C=O) groups excluding carboxylic acids is 1. The fourth-order valence-corrected chi connectivity index (χ4v) is 3.71. The Kier molecular flexibility index (Phi) is 7.53. The number of hydrogen-bond donors (Lipinski definition) is 1. The van der Waals surface area contributed by atoms with Gasteiger partial charge in [-0.25, -0.2) is 4.79 Å². The van der Waals surface area contributed by atoms with Crippen molar-refractivity contribution in [1.82, 2.24) is 10.2 Å². The number of amides is 1. The zero-order chi connectivity index (χ0) is 16.8. The molecule has 4 nitrogen and oxygen atoms in total. The fraction of sp³-hybridized carbons (Fsp3) is 0.941. The third kappa shape index (κ3) is 7.73.